The van der Waals surface area contributed by atoms with Gasteiger partial charge < -0.3 is 9.15 Å². The van der Waals surface area contributed by atoms with Crippen LogP contribution in [-0.2, 0) is 6.54 Å². The van der Waals surface area contributed by atoms with E-state index in [2.05, 4.69) is 0 Å². The molecule has 136 valence electrons. The topological polar surface area (TPSA) is 61.4 Å². The van der Waals surface area contributed by atoms with Crippen molar-refractivity contribution in [3.8, 4) is 5.75 Å². The molecule has 8 heteroatoms. The van der Waals surface area contributed by atoms with E-state index < -0.39 is 11.4 Å². The van der Waals surface area contributed by atoms with E-state index in [9.17, 15) is 9.59 Å². The summed E-state index contributed by atoms with van der Waals surface area (Å²) in [5.41, 5.74) is -0.308. The highest BCUT2D eigenvalue weighted by Crippen LogP contribution is 2.27. The summed E-state index contributed by atoms with van der Waals surface area (Å²) in [7, 11) is 0. The average Bonchev–Trinajstić information content (AvgIpc) is 2.60. The average molecular weight is 415 g/mol. The highest BCUT2D eigenvalue weighted by Gasteiger charge is 2.12. The predicted molar refractivity (Wildman–Crippen MR) is 103 cm³/mol. The predicted octanol–water partition coefficient (Wildman–Crippen LogP) is 4.77. The molecular formula is C18H14Cl3NO4. The van der Waals surface area contributed by atoms with Crippen LogP contribution in [0.2, 0.25) is 15.1 Å². The third kappa shape index (κ3) is 4.06. The maximum Gasteiger partial charge on any atom is 0.422 e. The molecule has 3 aromatic rings. The van der Waals surface area contributed by atoms with Gasteiger partial charge in [-0.3, -0.25) is 4.57 Å². The van der Waals surface area contributed by atoms with Crippen molar-refractivity contribution < 1.29 is 9.15 Å². The normalized spacial score (nSPS) is 11.0. The van der Waals surface area contributed by atoms with Crippen LogP contribution in [0.4, 0.5) is 0 Å². The molecule has 0 amide bonds. The minimum Gasteiger partial charge on any atom is -0.492 e. The zero-order chi connectivity index (χ0) is 18.7. The van der Waals surface area contributed by atoms with Crippen molar-refractivity contribution in [1.82, 2.24) is 4.57 Å². The van der Waals surface area contributed by atoms with Gasteiger partial charge in [0.05, 0.1) is 27.6 Å². The lowest BCUT2D eigenvalue weighted by Gasteiger charge is -2.11. The van der Waals surface area contributed by atoms with Crippen LogP contribution in [0.1, 0.15) is 12.8 Å². The largest absolute Gasteiger partial charge is 0.492 e. The number of aryl methyl sites for hydroxylation is 1. The Labute approximate surface area is 163 Å². The second-order valence-corrected chi connectivity index (χ2v) is 6.82. The van der Waals surface area contributed by atoms with E-state index in [1.165, 1.54) is 4.57 Å². The van der Waals surface area contributed by atoms with Gasteiger partial charge in [-0.25, -0.2) is 9.59 Å². The smallest absolute Gasteiger partial charge is 0.422 e. The monoisotopic (exact) mass is 413 g/mol. The van der Waals surface area contributed by atoms with E-state index in [0.29, 0.717) is 52.3 Å². The van der Waals surface area contributed by atoms with Gasteiger partial charge in [0.1, 0.15) is 5.75 Å². The van der Waals surface area contributed by atoms with Crippen LogP contribution in [0.15, 0.2) is 50.4 Å². The Bertz CT molecular complexity index is 1060. The molecule has 0 aliphatic heterocycles. The summed E-state index contributed by atoms with van der Waals surface area (Å²) in [5.74, 6) is -0.218. The number of para-hydroxylation sites is 1. The van der Waals surface area contributed by atoms with Gasteiger partial charge in [-0.1, -0.05) is 40.9 Å². The molecule has 0 saturated heterocycles. The molecule has 0 N–H and O–H groups in total. The summed E-state index contributed by atoms with van der Waals surface area (Å²) in [6.07, 6.45) is 1.27. The van der Waals surface area contributed by atoms with Gasteiger partial charge in [0.2, 0.25) is 0 Å². The number of aromatic nitrogens is 1. The lowest BCUT2D eigenvalue weighted by Crippen LogP contribution is -2.25. The second-order valence-electron chi connectivity index (χ2n) is 5.57. The highest BCUT2D eigenvalue weighted by molar-refractivity contribution is 6.35. The van der Waals surface area contributed by atoms with Crippen LogP contribution in [-0.4, -0.2) is 11.2 Å². The molecule has 0 spiro atoms. The number of ether oxygens (including phenoxy) is 1. The second kappa shape index (κ2) is 8.16. The lowest BCUT2D eigenvalue weighted by molar-refractivity contribution is 0.301. The van der Waals surface area contributed by atoms with E-state index in [-0.39, 0.29) is 5.39 Å². The van der Waals surface area contributed by atoms with Crippen molar-refractivity contribution in [3.05, 3.63) is 72.4 Å². The van der Waals surface area contributed by atoms with Crippen molar-refractivity contribution in [2.45, 2.75) is 19.4 Å². The van der Waals surface area contributed by atoms with E-state index in [4.69, 9.17) is 44.0 Å². The molecule has 26 heavy (non-hydrogen) atoms. The summed E-state index contributed by atoms with van der Waals surface area (Å²) in [6.45, 7) is 0.743. The first-order chi connectivity index (χ1) is 12.5. The minimum atomic E-state index is -0.727. The van der Waals surface area contributed by atoms with E-state index in [1.807, 2.05) is 0 Å². The fraction of sp³-hybridized carbons (Fsp3) is 0.222. The third-order valence-electron chi connectivity index (χ3n) is 3.80. The first-order valence-electron chi connectivity index (χ1n) is 7.87. The van der Waals surface area contributed by atoms with Gasteiger partial charge >= 0.3 is 11.4 Å². The molecule has 0 atom stereocenters. The van der Waals surface area contributed by atoms with Crippen LogP contribution in [0, 0.1) is 0 Å². The van der Waals surface area contributed by atoms with Gasteiger partial charge in [0.15, 0.2) is 0 Å². The van der Waals surface area contributed by atoms with E-state index in [0.717, 1.165) is 0 Å². The van der Waals surface area contributed by atoms with Crippen molar-refractivity contribution in [3.63, 3.8) is 0 Å². The van der Waals surface area contributed by atoms with Gasteiger partial charge in [-0.05, 0) is 37.1 Å². The van der Waals surface area contributed by atoms with Gasteiger partial charge in [-0.2, -0.15) is 0 Å². The molecule has 0 radical (unpaired) electrons. The molecule has 0 unspecified atom stereocenters. The fourth-order valence-electron chi connectivity index (χ4n) is 2.58. The van der Waals surface area contributed by atoms with Gasteiger partial charge in [-0.15, -0.1) is 0 Å². The molecule has 0 saturated carbocycles. The Morgan fingerprint density at radius 3 is 2.62 bits per heavy atom. The summed E-state index contributed by atoms with van der Waals surface area (Å²) < 4.78 is 11.7. The molecule has 0 aliphatic rings. The Morgan fingerprint density at radius 2 is 1.81 bits per heavy atom. The van der Waals surface area contributed by atoms with E-state index >= 15 is 0 Å². The van der Waals surface area contributed by atoms with Crippen molar-refractivity contribution in [2.75, 3.05) is 6.61 Å². The van der Waals surface area contributed by atoms with Crippen molar-refractivity contribution in [1.29, 1.82) is 0 Å². The molecule has 0 aliphatic carbocycles. The fourth-order valence-corrected chi connectivity index (χ4v) is 3.19. The van der Waals surface area contributed by atoms with Crippen LogP contribution >= 0.6 is 34.8 Å². The summed E-state index contributed by atoms with van der Waals surface area (Å²) >= 11 is 18.1. The zero-order valence-corrected chi connectivity index (χ0v) is 15.8. The summed E-state index contributed by atoms with van der Waals surface area (Å²) in [6, 6.07) is 9.84. The number of hydrogen-bond acceptors (Lipinski definition) is 4. The van der Waals surface area contributed by atoms with Crippen LogP contribution < -0.4 is 16.1 Å². The third-order valence-corrected chi connectivity index (χ3v) is 4.66. The number of fused-ring (bicyclic) bond motifs is 1. The standard InChI is InChI=1S/C18H14Cl3NO4/c19-11-6-7-13(20)15(10-11)25-9-2-1-8-22-16-12(4-3-5-14(16)21)17(23)26-18(22)24/h3-7,10H,1-2,8-9H2. The van der Waals surface area contributed by atoms with Crippen LogP contribution in [0.5, 0.6) is 5.75 Å². The number of halogens is 3. The first kappa shape index (κ1) is 18.8. The van der Waals surface area contributed by atoms with Crippen molar-refractivity contribution >= 4 is 45.7 Å². The molecular weight excluding hydrogens is 401 g/mol. The molecule has 1 aromatic heterocycles. The molecule has 2 aromatic carbocycles. The maximum atomic E-state index is 12.0. The molecule has 5 nitrogen and oxygen atoms in total. The quantitative estimate of drug-likeness (QED) is 0.545. The molecule has 1 heterocycles. The first-order valence-corrected chi connectivity index (χ1v) is 9.01. The molecule has 0 fully saturated rings. The minimum absolute atomic E-state index is 0.277. The summed E-state index contributed by atoms with van der Waals surface area (Å²) in [5, 5.41) is 1.62. The Kier molecular flexibility index (Phi) is 5.91. The summed E-state index contributed by atoms with van der Waals surface area (Å²) in [4.78, 5) is 23.9. The highest BCUT2D eigenvalue weighted by atomic mass is 35.5. The number of nitrogens with zero attached hydrogens (tertiary/aromatic N) is 1. The van der Waals surface area contributed by atoms with E-state index in [1.54, 1.807) is 36.4 Å². The van der Waals surface area contributed by atoms with Crippen LogP contribution in [0.25, 0.3) is 10.9 Å². The number of rotatable bonds is 6. The Hall–Kier alpha value is -1.95. The Balaban J connectivity index is 1.68. The van der Waals surface area contributed by atoms with Gasteiger partial charge in [0, 0.05) is 17.6 Å². The Morgan fingerprint density at radius 1 is 1.00 bits per heavy atom. The van der Waals surface area contributed by atoms with Crippen LogP contribution in [0.3, 0.4) is 0 Å². The zero-order valence-electron chi connectivity index (χ0n) is 13.5. The lowest BCUT2D eigenvalue weighted by atomic mass is 10.2. The van der Waals surface area contributed by atoms with Crippen molar-refractivity contribution in [2.24, 2.45) is 0 Å². The maximum absolute atomic E-state index is 12.0. The molecule has 0 bridgehead atoms. The number of benzene rings is 2. The van der Waals surface area contributed by atoms with Gasteiger partial charge in [0.25, 0.3) is 0 Å². The number of hydrogen-bond donors (Lipinski definition) is 0. The number of unbranched alkanes of at least 4 members (excludes halogenated alkanes) is 1. The molecule has 3 rings (SSSR count). The SMILES string of the molecule is O=c1oc(=O)n(CCCCOc2cc(Cl)ccc2Cl)c2c(Cl)cccc12.